The lowest BCUT2D eigenvalue weighted by atomic mass is 10.1. The van der Waals surface area contributed by atoms with E-state index in [0.29, 0.717) is 12.1 Å². The Labute approximate surface area is 107 Å². The van der Waals surface area contributed by atoms with Crippen molar-refractivity contribution < 1.29 is 19.8 Å². The molecule has 0 spiro atoms. The molecule has 0 saturated heterocycles. The van der Waals surface area contributed by atoms with E-state index in [0.717, 1.165) is 13.1 Å². The molecular formula is C12H20N3O3+. The Bertz CT molecular complexity index is 421. The van der Waals surface area contributed by atoms with Gasteiger partial charge in [-0.15, -0.1) is 0 Å². The van der Waals surface area contributed by atoms with Crippen molar-refractivity contribution in [2.24, 2.45) is 0 Å². The van der Waals surface area contributed by atoms with Gasteiger partial charge in [-0.05, 0) is 0 Å². The Morgan fingerprint density at radius 1 is 1.22 bits per heavy atom. The zero-order valence-corrected chi connectivity index (χ0v) is 11.0. The van der Waals surface area contributed by atoms with Crippen molar-refractivity contribution in [1.82, 2.24) is 0 Å². The number of nitro benzene ring substituents is 1. The Hall–Kier alpha value is -1.66. The Morgan fingerprint density at radius 3 is 2.44 bits per heavy atom. The third-order valence-electron chi connectivity index (χ3n) is 2.80. The minimum absolute atomic E-state index is 0.0179. The van der Waals surface area contributed by atoms with Crippen molar-refractivity contribution in [2.75, 3.05) is 34.2 Å². The van der Waals surface area contributed by atoms with Crippen LogP contribution in [0.5, 0.6) is 5.75 Å². The molecule has 0 aliphatic rings. The van der Waals surface area contributed by atoms with Gasteiger partial charge in [-0.25, -0.2) is 0 Å². The number of non-ortho nitro benzene ring substituents is 1. The second kappa shape index (κ2) is 6.32. The highest BCUT2D eigenvalue weighted by Gasteiger charge is 2.11. The molecule has 0 aromatic heterocycles. The molecule has 0 bridgehead atoms. The van der Waals surface area contributed by atoms with Crippen LogP contribution < -0.4 is 14.9 Å². The topological polar surface area (TPSA) is 75.1 Å². The normalized spacial score (nSPS) is 12.7. The van der Waals surface area contributed by atoms with Crippen molar-refractivity contribution in [3.05, 3.63) is 33.9 Å². The number of nitro groups is 1. The highest BCUT2D eigenvalue weighted by atomic mass is 16.6. The summed E-state index contributed by atoms with van der Waals surface area (Å²) in [5.41, 5.74) is 0.492. The molecule has 0 saturated carbocycles. The van der Waals surface area contributed by atoms with E-state index in [2.05, 4.69) is 14.1 Å². The van der Waals surface area contributed by atoms with Gasteiger partial charge in [0, 0.05) is 17.7 Å². The molecule has 2 N–H and O–H groups in total. The molecule has 0 aliphatic carbocycles. The van der Waals surface area contributed by atoms with Crippen LogP contribution in [0.25, 0.3) is 0 Å². The molecule has 18 heavy (non-hydrogen) atoms. The molecule has 0 amide bonds. The van der Waals surface area contributed by atoms with E-state index < -0.39 is 4.92 Å². The lowest BCUT2D eigenvalue weighted by Crippen LogP contribution is -3.15. The summed E-state index contributed by atoms with van der Waals surface area (Å²) in [6.45, 7) is 2.44. The van der Waals surface area contributed by atoms with Crippen LogP contribution in [0.1, 0.15) is 5.56 Å². The van der Waals surface area contributed by atoms with Gasteiger partial charge in [0.25, 0.3) is 5.69 Å². The minimum Gasteiger partial charge on any atom is -0.872 e. The van der Waals surface area contributed by atoms with Crippen molar-refractivity contribution >= 4 is 5.69 Å². The van der Waals surface area contributed by atoms with E-state index in [1.54, 1.807) is 0 Å². The van der Waals surface area contributed by atoms with Gasteiger partial charge in [0.1, 0.15) is 19.6 Å². The van der Waals surface area contributed by atoms with E-state index in [9.17, 15) is 15.2 Å². The van der Waals surface area contributed by atoms with Gasteiger partial charge in [-0.1, -0.05) is 11.8 Å². The molecule has 1 aromatic carbocycles. The van der Waals surface area contributed by atoms with Crippen molar-refractivity contribution in [2.45, 2.75) is 6.54 Å². The zero-order chi connectivity index (χ0) is 13.7. The number of likely N-dealkylation sites (N-methyl/N-ethyl adjacent to an activating group) is 2. The van der Waals surface area contributed by atoms with Crippen LogP contribution in [0.4, 0.5) is 5.69 Å². The maximum Gasteiger partial charge on any atom is 0.269 e. The maximum absolute atomic E-state index is 11.6. The summed E-state index contributed by atoms with van der Waals surface area (Å²) in [4.78, 5) is 12.7. The molecule has 1 rings (SSSR count). The molecule has 0 radical (unpaired) electrons. The molecule has 0 aliphatic heterocycles. The first-order valence-corrected chi connectivity index (χ1v) is 5.95. The fourth-order valence-electron chi connectivity index (χ4n) is 1.69. The number of nitrogens with one attached hydrogen (secondary N) is 2. The number of quaternary nitrogens is 2. The summed E-state index contributed by atoms with van der Waals surface area (Å²) in [5, 5.41) is 22.3. The van der Waals surface area contributed by atoms with Crippen LogP contribution in [0.15, 0.2) is 18.2 Å². The van der Waals surface area contributed by atoms with Crippen LogP contribution in [-0.4, -0.2) is 39.2 Å². The van der Waals surface area contributed by atoms with Crippen molar-refractivity contribution in [1.29, 1.82) is 0 Å². The van der Waals surface area contributed by atoms with Crippen molar-refractivity contribution in [3.8, 4) is 5.75 Å². The quantitative estimate of drug-likeness (QED) is 0.448. The Kier molecular flexibility index (Phi) is 5.06. The Morgan fingerprint density at radius 2 is 1.89 bits per heavy atom. The van der Waals surface area contributed by atoms with Gasteiger partial charge < -0.3 is 14.9 Å². The fraction of sp³-hybridized carbons (Fsp3) is 0.500. The first-order chi connectivity index (χ1) is 8.40. The third-order valence-corrected chi connectivity index (χ3v) is 2.80. The summed E-state index contributed by atoms with van der Waals surface area (Å²) in [6, 6.07) is 3.91. The van der Waals surface area contributed by atoms with Gasteiger partial charge in [-0.2, -0.15) is 0 Å². The summed E-state index contributed by atoms with van der Waals surface area (Å²) >= 11 is 0. The lowest BCUT2D eigenvalue weighted by Gasteiger charge is -2.18. The predicted molar refractivity (Wildman–Crippen MR) is 65.7 cm³/mol. The smallest absolute Gasteiger partial charge is 0.269 e. The van der Waals surface area contributed by atoms with Crippen molar-refractivity contribution in [3.63, 3.8) is 0 Å². The second-order valence-electron chi connectivity index (χ2n) is 4.89. The van der Waals surface area contributed by atoms with Gasteiger partial charge in [0.2, 0.25) is 0 Å². The monoisotopic (exact) mass is 254 g/mol. The third kappa shape index (κ3) is 4.31. The predicted octanol–water partition coefficient (Wildman–Crippen LogP) is -2.17. The van der Waals surface area contributed by atoms with Gasteiger partial charge >= 0.3 is 0 Å². The summed E-state index contributed by atoms with van der Waals surface area (Å²) in [6.07, 6.45) is 0. The largest absolute Gasteiger partial charge is 0.872 e. The van der Waals surface area contributed by atoms with Crippen LogP contribution in [0.3, 0.4) is 0 Å². The molecule has 0 heterocycles. The number of benzene rings is 1. The first-order valence-electron chi connectivity index (χ1n) is 5.95. The molecule has 6 heteroatoms. The second-order valence-corrected chi connectivity index (χ2v) is 4.89. The van der Waals surface area contributed by atoms with Crippen LogP contribution >= 0.6 is 0 Å². The average molecular weight is 254 g/mol. The highest BCUT2D eigenvalue weighted by molar-refractivity contribution is 5.41. The van der Waals surface area contributed by atoms with Crippen LogP contribution in [-0.2, 0) is 6.54 Å². The highest BCUT2D eigenvalue weighted by Crippen LogP contribution is 2.19. The number of hydrogen-bond donors (Lipinski definition) is 2. The fourth-order valence-corrected chi connectivity index (χ4v) is 1.69. The van der Waals surface area contributed by atoms with Gasteiger partial charge in [0.15, 0.2) is 0 Å². The van der Waals surface area contributed by atoms with E-state index in [1.165, 1.54) is 28.0 Å². The first kappa shape index (κ1) is 14.4. The van der Waals surface area contributed by atoms with Gasteiger partial charge in [0.05, 0.1) is 26.1 Å². The number of rotatable bonds is 6. The Balaban J connectivity index is 2.71. The molecule has 6 nitrogen and oxygen atoms in total. The van der Waals surface area contributed by atoms with E-state index in [-0.39, 0.29) is 11.4 Å². The number of nitrogens with zero attached hydrogens (tertiary/aromatic N) is 1. The lowest BCUT2D eigenvalue weighted by molar-refractivity contribution is -0.937. The molecular weight excluding hydrogens is 234 g/mol. The minimum atomic E-state index is -0.470. The summed E-state index contributed by atoms with van der Waals surface area (Å²) in [7, 11) is 6.13. The number of hydrogen-bond acceptors (Lipinski definition) is 3. The van der Waals surface area contributed by atoms with Gasteiger partial charge in [-0.3, -0.25) is 10.1 Å². The standard InChI is InChI=1S/C12H19N3O3/c1-13(2)6-7-14(3)9-10-8-11(15(17)18)4-5-12(10)16/h4-5,8,16H,6-7,9H2,1-3H3/p+1. The molecule has 1 atom stereocenters. The SMILES string of the molecule is C[NH+](C)CC[NH+](C)Cc1cc([N+](=O)[O-])ccc1[O-]. The zero-order valence-electron chi connectivity index (χ0n) is 11.0. The molecule has 0 fully saturated rings. The van der Waals surface area contributed by atoms with E-state index in [4.69, 9.17) is 0 Å². The average Bonchev–Trinajstić information content (AvgIpc) is 2.29. The van der Waals surface area contributed by atoms with Crippen LogP contribution in [0.2, 0.25) is 0 Å². The van der Waals surface area contributed by atoms with E-state index >= 15 is 0 Å². The van der Waals surface area contributed by atoms with Crippen LogP contribution in [0, 0.1) is 10.1 Å². The summed E-state index contributed by atoms with van der Waals surface area (Å²) < 4.78 is 0. The molecule has 1 unspecified atom stereocenters. The van der Waals surface area contributed by atoms with E-state index in [1.807, 2.05) is 7.05 Å². The summed E-state index contributed by atoms with van der Waals surface area (Å²) in [5.74, 6) is -0.128. The molecule has 1 aromatic rings. The maximum atomic E-state index is 11.6. The molecule has 100 valence electrons.